The van der Waals surface area contributed by atoms with Gasteiger partial charge in [0, 0.05) is 16.5 Å². The van der Waals surface area contributed by atoms with Crippen molar-refractivity contribution in [2.24, 2.45) is 0 Å². The van der Waals surface area contributed by atoms with Crippen molar-refractivity contribution >= 4 is 16.7 Å². The zero-order chi connectivity index (χ0) is 19.7. The zero-order valence-electron chi connectivity index (χ0n) is 14.9. The van der Waals surface area contributed by atoms with Crippen molar-refractivity contribution in [2.45, 2.75) is 13.5 Å². The first-order valence-corrected chi connectivity index (χ1v) is 8.53. The third-order valence-corrected chi connectivity index (χ3v) is 4.44. The minimum Gasteiger partial charge on any atom is -0.454 e. The van der Waals surface area contributed by atoms with Crippen molar-refractivity contribution < 1.29 is 18.4 Å². The summed E-state index contributed by atoms with van der Waals surface area (Å²) in [6.07, 6.45) is 0. The fraction of sp³-hybridized carbons (Fsp3) is 0.0952. The number of carbonyl (C=O) groups excluding carboxylic acids is 1. The first-order valence-electron chi connectivity index (χ1n) is 8.53. The number of ether oxygens (including phenoxy) is 1. The van der Waals surface area contributed by atoms with Gasteiger partial charge in [0.25, 0.3) is 5.56 Å². The van der Waals surface area contributed by atoms with E-state index in [2.05, 4.69) is 10.1 Å². The minimum atomic E-state index is -0.673. The molecule has 0 aliphatic carbocycles. The summed E-state index contributed by atoms with van der Waals surface area (Å²) in [4.78, 5) is 27.0. The van der Waals surface area contributed by atoms with Crippen LogP contribution in [0.3, 0.4) is 0 Å². The average Bonchev–Trinajstić information content (AvgIpc) is 3.07. The third-order valence-electron chi connectivity index (χ3n) is 4.44. The average molecular weight is 378 g/mol. The standard InChI is InChI=1S/C21H15FN2O4/c1-12-18(24-28-19(12)13-6-8-15(22)9-7-13)11-27-21(26)17-10-14-4-2-3-5-16(14)20(25)23-17/h2-10H,11H2,1H3,(H,23,25). The van der Waals surface area contributed by atoms with E-state index in [1.165, 1.54) is 12.1 Å². The van der Waals surface area contributed by atoms with Crippen LogP contribution in [-0.2, 0) is 11.3 Å². The second-order valence-corrected chi connectivity index (χ2v) is 6.27. The predicted molar refractivity (Wildman–Crippen MR) is 100 cm³/mol. The molecule has 1 N–H and O–H groups in total. The molecule has 0 aliphatic heterocycles. The number of hydrogen-bond donors (Lipinski definition) is 1. The fourth-order valence-corrected chi connectivity index (χ4v) is 2.91. The van der Waals surface area contributed by atoms with Crippen LogP contribution >= 0.6 is 0 Å². The molecule has 0 saturated carbocycles. The molecular formula is C21H15FN2O4. The molecule has 0 spiro atoms. The number of esters is 1. The summed E-state index contributed by atoms with van der Waals surface area (Å²) in [5.74, 6) is -0.543. The van der Waals surface area contributed by atoms with E-state index in [9.17, 15) is 14.0 Å². The van der Waals surface area contributed by atoms with Crippen LogP contribution in [0.2, 0.25) is 0 Å². The maximum absolute atomic E-state index is 13.1. The van der Waals surface area contributed by atoms with Crippen LogP contribution < -0.4 is 5.56 Å². The third kappa shape index (κ3) is 3.29. The van der Waals surface area contributed by atoms with E-state index in [0.717, 1.165) is 0 Å². The van der Waals surface area contributed by atoms with E-state index in [0.29, 0.717) is 33.4 Å². The maximum atomic E-state index is 13.1. The molecule has 0 radical (unpaired) electrons. The smallest absolute Gasteiger partial charge is 0.355 e. The zero-order valence-corrected chi connectivity index (χ0v) is 14.9. The highest BCUT2D eigenvalue weighted by atomic mass is 19.1. The highest BCUT2D eigenvalue weighted by Gasteiger charge is 2.17. The number of benzene rings is 2. The van der Waals surface area contributed by atoms with Crippen LogP contribution in [0.1, 0.15) is 21.7 Å². The summed E-state index contributed by atoms with van der Waals surface area (Å²) in [7, 11) is 0. The van der Waals surface area contributed by atoms with Crippen molar-refractivity contribution in [2.75, 3.05) is 0 Å². The van der Waals surface area contributed by atoms with Gasteiger partial charge in [0.05, 0.1) is 0 Å². The highest BCUT2D eigenvalue weighted by molar-refractivity contribution is 5.92. The van der Waals surface area contributed by atoms with Crippen molar-refractivity contribution in [3.63, 3.8) is 0 Å². The summed E-state index contributed by atoms with van der Waals surface area (Å²) >= 11 is 0. The lowest BCUT2D eigenvalue weighted by atomic mass is 10.1. The van der Waals surface area contributed by atoms with E-state index in [1.807, 2.05) is 0 Å². The van der Waals surface area contributed by atoms with Gasteiger partial charge in [-0.25, -0.2) is 9.18 Å². The molecular weight excluding hydrogens is 363 g/mol. The number of nitrogens with one attached hydrogen (secondary N) is 1. The molecule has 6 nitrogen and oxygen atoms in total. The Labute approximate surface area is 158 Å². The van der Waals surface area contributed by atoms with E-state index in [1.54, 1.807) is 49.4 Å². The molecule has 2 aromatic carbocycles. The molecule has 0 saturated heterocycles. The lowest BCUT2D eigenvalue weighted by Crippen LogP contribution is -2.15. The van der Waals surface area contributed by atoms with E-state index in [4.69, 9.17) is 9.26 Å². The van der Waals surface area contributed by atoms with Gasteiger partial charge in [-0.1, -0.05) is 23.4 Å². The quantitative estimate of drug-likeness (QED) is 0.543. The van der Waals surface area contributed by atoms with Gasteiger partial charge in [-0.05, 0) is 48.7 Å². The number of rotatable bonds is 4. The Hall–Kier alpha value is -3.74. The fourth-order valence-electron chi connectivity index (χ4n) is 2.91. The van der Waals surface area contributed by atoms with Gasteiger partial charge in [-0.15, -0.1) is 0 Å². The molecule has 140 valence electrons. The largest absolute Gasteiger partial charge is 0.454 e. The van der Waals surface area contributed by atoms with Crippen LogP contribution in [-0.4, -0.2) is 16.1 Å². The summed E-state index contributed by atoms with van der Waals surface area (Å²) in [5.41, 5.74) is 1.50. The molecule has 4 aromatic rings. The number of aromatic amines is 1. The molecule has 2 heterocycles. The molecule has 0 aliphatic rings. The van der Waals surface area contributed by atoms with Gasteiger partial charge in [0.1, 0.15) is 23.8 Å². The normalized spacial score (nSPS) is 10.9. The number of pyridine rings is 1. The van der Waals surface area contributed by atoms with Crippen molar-refractivity contribution in [3.8, 4) is 11.3 Å². The number of fused-ring (bicyclic) bond motifs is 1. The van der Waals surface area contributed by atoms with E-state index in [-0.39, 0.29) is 23.7 Å². The van der Waals surface area contributed by atoms with Crippen LogP contribution in [0.4, 0.5) is 4.39 Å². The van der Waals surface area contributed by atoms with Gasteiger partial charge in [-0.2, -0.15) is 0 Å². The maximum Gasteiger partial charge on any atom is 0.355 e. The lowest BCUT2D eigenvalue weighted by Gasteiger charge is -2.05. The number of halogens is 1. The summed E-state index contributed by atoms with van der Waals surface area (Å²) in [6, 6.07) is 14.3. The van der Waals surface area contributed by atoms with Crippen LogP contribution in [0.15, 0.2) is 63.9 Å². The second-order valence-electron chi connectivity index (χ2n) is 6.27. The minimum absolute atomic E-state index is 0.0589. The Kier molecular flexibility index (Phi) is 4.49. The van der Waals surface area contributed by atoms with Crippen LogP contribution in [0.25, 0.3) is 22.1 Å². The first kappa shape index (κ1) is 17.7. The van der Waals surface area contributed by atoms with E-state index >= 15 is 0 Å². The van der Waals surface area contributed by atoms with Crippen molar-refractivity contribution in [1.29, 1.82) is 0 Å². The van der Waals surface area contributed by atoms with Crippen molar-refractivity contribution in [3.05, 3.63) is 87.7 Å². The van der Waals surface area contributed by atoms with Gasteiger partial charge < -0.3 is 14.2 Å². The van der Waals surface area contributed by atoms with Gasteiger partial charge in [0.2, 0.25) is 0 Å². The number of aromatic nitrogens is 2. The first-order chi connectivity index (χ1) is 13.5. The Bertz CT molecular complexity index is 1230. The molecule has 0 atom stereocenters. The molecule has 28 heavy (non-hydrogen) atoms. The molecule has 0 fully saturated rings. The van der Waals surface area contributed by atoms with E-state index < -0.39 is 5.97 Å². The molecule has 2 aromatic heterocycles. The van der Waals surface area contributed by atoms with Crippen molar-refractivity contribution in [1.82, 2.24) is 10.1 Å². The summed E-state index contributed by atoms with van der Waals surface area (Å²) in [5, 5.41) is 5.07. The number of H-pyrrole nitrogens is 1. The number of hydrogen-bond acceptors (Lipinski definition) is 5. The van der Waals surface area contributed by atoms with Crippen LogP contribution in [0.5, 0.6) is 0 Å². The summed E-state index contributed by atoms with van der Waals surface area (Å²) < 4.78 is 23.7. The SMILES string of the molecule is Cc1c(COC(=O)c2cc3ccccc3c(=O)[nH]2)noc1-c1ccc(F)cc1. The van der Waals surface area contributed by atoms with Crippen LogP contribution in [0, 0.1) is 12.7 Å². The Morgan fingerprint density at radius 3 is 2.71 bits per heavy atom. The predicted octanol–water partition coefficient (Wildman–Crippen LogP) is 3.99. The Morgan fingerprint density at radius 1 is 1.18 bits per heavy atom. The number of carbonyl (C=O) groups is 1. The van der Waals surface area contributed by atoms with Gasteiger partial charge >= 0.3 is 5.97 Å². The molecule has 0 amide bonds. The molecule has 7 heteroatoms. The molecule has 0 bridgehead atoms. The highest BCUT2D eigenvalue weighted by Crippen LogP contribution is 2.26. The van der Waals surface area contributed by atoms with Gasteiger partial charge in [-0.3, -0.25) is 4.79 Å². The van der Waals surface area contributed by atoms with Gasteiger partial charge in [0.15, 0.2) is 5.76 Å². The molecule has 4 rings (SSSR count). The Balaban J connectivity index is 1.53. The topological polar surface area (TPSA) is 85.2 Å². The molecule has 0 unspecified atom stereocenters. The Morgan fingerprint density at radius 2 is 1.93 bits per heavy atom. The second kappa shape index (κ2) is 7.11. The lowest BCUT2D eigenvalue weighted by molar-refractivity contribution is 0.0456. The summed E-state index contributed by atoms with van der Waals surface area (Å²) in [6.45, 7) is 1.65. The monoisotopic (exact) mass is 378 g/mol. The number of nitrogens with zero attached hydrogens (tertiary/aromatic N) is 1.